The van der Waals surface area contributed by atoms with Crippen molar-refractivity contribution in [2.24, 2.45) is 12.8 Å². The standard InChI is InChI=1S/C11H17N3/c1-4-5-6-7-11(12)10-8-14(3)13-9(10)2/h1,8,11H,5-7,12H2,2-3H3. The van der Waals surface area contributed by atoms with Crippen LogP contribution in [-0.4, -0.2) is 9.78 Å². The van der Waals surface area contributed by atoms with Crippen LogP contribution in [0.25, 0.3) is 0 Å². The molecule has 0 aliphatic heterocycles. The van der Waals surface area contributed by atoms with E-state index >= 15 is 0 Å². The Morgan fingerprint density at radius 1 is 1.71 bits per heavy atom. The summed E-state index contributed by atoms with van der Waals surface area (Å²) in [4.78, 5) is 0. The lowest BCUT2D eigenvalue weighted by Crippen LogP contribution is -2.10. The molecule has 0 amide bonds. The fourth-order valence-electron chi connectivity index (χ4n) is 1.56. The van der Waals surface area contributed by atoms with Gasteiger partial charge in [0.25, 0.3) is 0 Å². The van der Waals surface area contributed by atoms with Gasteiger partial charge in [0.05, 0.1) is 5.69 Å². The second-order valence-corrected chi connectivity index (χ2v) is 3.55. The highest BCUT2D eigenvalue weighted by atomic mass is 15.2. The zero-order chi connectivity index (χ0) is 10.6. The lowest BCUT2D eigenvalue weighted by molar-refractivity contribution is 0.618. The third-order valence-corrected chi connectivity index (χ3v) is 2.29. The van der Waals surface area contributed by atoms with Gasteiger partial charge in [-0.2, -0.15) is 5.10 Å². The molecule has 1 aromatic heterocycles. The van der Waals surface area contributed by atoms with E-state index in [1.807, 2.05) is 20.2 Å². The lowest BCUT2D eigenvalue weighted by Gasteiger charge is -2.08. The number of nitrogens with two attached hydrogens (primary N) is 1. The van der Waals surface area contributed by atoms with E-state index in [-0.39, 0.29) is 6.04 Å². The van der Waals surface area contributed by atoms with E-state index in [2.05, 4.69) is 11.0 Å². The molecule has 1 unspecified atom stereocenters. The molecular weight excluding hydrogens is 174 g/mol. The fourth-order valence-corrected chi connectivity index (χ4v) is 1.56. The highest BCUT2D eigenvalue weighted by molar-refractivity contribution is 5.19. The van der Waals surface area contributed by atoms with Crippen molar-refractivity contribution >= 4 is 0 Å². The van der Waals surface area contributed by atoms with E-state index in [1.165, 1.54) is 0 Å². The summed E-state index contributed by atoms with van der Waals surface area (Å²) in [6.45, 7) is 1.98. The second kappa shape index (κ2) is 4.83. The Hall–Kier alpha value is -1.27. The predicted molar refractivity (Wildman–Crippen MR) is 57.6 cm³/mol. The first-order valence-electron chi connectivity index (χ1n) is 4.84. The first kappa shape index (κ1) is 10.8. The number of unbranched alkanes of at least 4 members (excludes halogenated alkanes) is 1. The Kier molecular flexibility index (Phi) is 3.73. The molecule has 14 heavy (non-hydrogen) atoms. The molecule has 1 rings (SSSR count). The minimum absolute atomic E-state index is 0.0667. The summed E-state index contributed by atoms with van der Waals surface area (Å²) in [5.41, 5.74) is 8.17. The van der Waals surface area contributed by atoms with Gasteiger partial charge in [0.2, 0.25) is 0 Å². The number of rotatable bonds is 4. The fraction of sp³-hybridized carbons (Fsp3) is 0.545. The minimum atomic E-state index is 0.0667. The van der Waals surface area contributed by atoms with Crippen LogP contribution in [0.15, 0.2) is 6.20 Å². The Labute approximate surface area is 85.3 Å². The van der Waals surface area contributed by atoms with Crippen molar-refractivity contribution in [1.29, 1.82) is 0 Å². The van der Waals surface area contributed by atoms with Crippen LogP contribution in [0.1, 0.15) is 36.6 Å². The van der Waals surface area contributed by atoms with Crippen LogP contribution in [0.5, 0.6) is 0 Å². The van der Waals surface area contributed by atoms with Crippen LogP contribution < -0.4 is 5.73 Å². The Balaban J connectivity index is 2.56. The highest BCUT2D eigenvalue weighted by Crippen LogP contribution is 2.18. The SMILES string of the molecule is C#CCCCC(N)c1cn(C)nc1C. The number of aromatic nitrogens is 2. The monoisotopic (exact) mass is 191 g/mol. The normalized spacial score (nSPS) is 12.4. The van der Waals surface area contributed by atoms with Crippen LogP contribution in [0, 0.1) is 19.3 Å². The maximum absolute atomic E-state index is 6.03. The van der Waals surface area contributed by atoms with Crippen molar-refractivity contribution in [3.63, 3.8) is 0 Å². The van der Waals surface area contributed by atoms with Gasteiger partial charge in [-0.3, -0.25) is 4.68 Å². The van der Waals surface area contributed by atoms with E-state index in [4.69, 9.17) is 12.2 Å². The first-order chi connectivity index (χ1) is 6.65. The molecule has 76 valence electrons. The van der Waals surface area contributed by atoms with Crippen molar-refractivity contribution in [2.45, 2.75) is 32.2 Å². The molecule has 0 bridgehead atoms. The van der Waals surface area contributed by atoms with E-state index in [0.29, 0.717) is 0 Å². The summed E-state index contributed by atoms with van der Waals surface area (Å²) in [5.74, 6) is 2.62. The molecule has 0 radical (unpaired) electrons. The second-order valence-electron chi connectivity index (χ2n) is 3.55. The van der Waals surface area contributed by atoms with Crippen LogP contribution in [-0.2, 0) is 7.05 Å². The molecule has 0 aliphatic carbocycles. The number of aryl methyl sites for hydroxylation is 2. The largest absolute Gasteiger partial charge is 0.324 e. The topological polar surface area (TPSA) is 43.8 Å². The lowest BCUT2D eigenvalue weighted by atomic mass is 10.0. The molecule has 0 saturated carbocycles. The molecule has 1 atom stereocenters. The van der Waals surface area contributed by atoms with E-state index in [9.17, 15) is 0 Å². The zero-order valence-electron chi connectivity index (χ0n) is 8.83. The van der Waals surface area contributed by atoms with Gasteiger partial charge < -0.3 is 5.73 Å². The molecule has 1 aromatic rings. The van der Waals surface area contributed by atoms with E-state index < -0.39 is 0 Å². The quantitative estimate of drug-likeness (QED) is 0.579. The van der Waals surface area contributed by atoms with Crippen molar-refractivity contribution in [3.8, 4) is 12.3 Å². The van der Waals surface area contributed by atoms with Crippen molar-refractivity contribution in [1.82, 2.24) is 9.78 Å². The van der Waals surface area contributed by atoms with Gasteiger partial charge in [-0.1, -0.05) is 0 Å². The summed E-state index contributed by atoms with van der Waals surface area (Å²) >= 11 is 0. The minimum Gasteiger partial charge on any atom is -0.324 e. The number of hydrogen-bond acceptors (Lipinski definition) is 2. The van der Waals surface area contributed by atoms with Gasteiger partial charge in [0.15, 0.2) is 0 Å². The van der Waals surface area contributed by atoms with Crippen molar-refractivity contribution in [2.75, 3.05) is 0 Å². The van der Waals surface area contributed by atoms with Crippen LogP contribution in [0.2, 0.25) is 0 Å². The Bertz CT molecular complexity index is 333. The maximum atomic E-state index is 6.03. The number of terminal acetylenes is 1. The van der Waals surface area contributed by atoms with Crippen LogP contribution in [0.4, 0.5) is 0 Å². The summed E-state index contributed by atoms with van der Waals surface area (Å²) in [6.07, 6.45) is 9.87. The molecule has 2 N–H and O–H groups in total. The van der Waals surface area contributed by atoms with E-state index in [0.717, 1.165) is 30.5 Å². The van der Waals surface area contributed by atoms with E-state index in [1.54, 1.807) is 4.68 Å². The molecule has 0 aliphatic rings. The molecule has 3 nitrogen and oxygen atoms in total. The molecule has 0 fully saturated rings. The zero-order valence-corrected chi connectivity index (χ0v) is 8.83. The highest BCUT2D eigenvalue weighted by Gasteiger charge is 2.11. The third kappa shape index (κ3) is 2.61. The molecule has 0 saturated heterocycles. The Morgan fingerprint density at radius 2 is 2.43 bits per heavy atom. The number of hydrogen-bond donors (Lipinski definition) is 1. The maximum Gasteiger partial charge on any atom is 0.0641 e. The summed E-state index contributed by atoms with van der Waals surface area (Å²) in [7, 11) is 1.91. The summed E-state index contributed by atoms with van der Waals surface area (Å²) in [6, 6.07) is 0.0667. The predicted octanol–water partition coefficient (Wildman–Crippen LogP) is 1.53. The Morgan fingerprint density at radius 3 is 2.93 bits per heavy atom. The van der Waals surface area contributed by atoms with Gasteiger partial charge >= 0.3 is 0 Å². The average molecular weight is 191 g/mol. The number of nitrogens with zero attached hydrogens (tertiary/aromatic N) is 2. The van der Waals surface area contributed by atoms with Gasteiger partial charge in [-0.25, -0.2) is 0 Å². The molecule has 0 aromatic carbocycles. The van der Waals surface area contributed by atoms with Gasteiger partial charge in [0.1, 0.15) is 0 Å². The molecular formula is C11H17N3. The first-order valence-corrected chi connectivity index (χ1v) is 4.84. The van der Waals surface area contributed by atoms with Gasteiger partial charge in [-0.15, -0.1) is 12.3 Å². The van der Waals surface area contributed by atoms with Crippen LogP contribution >= 0.6 is 0 Å². The van der Waals surface area contributed by atoms with Crippen molar-refractivity contribution < 1.29 is 0 Å². The van der Waals surface area contributed by atoms with Crippen molar-refractivity contribution in [3.05, 3.63) is 17.5 Å². The van der Waals surface area contributed by atoms with Gasteiger partial charge in [-0.05, 0) is 19.8 Å². The molecule has 1 heterocycles. The summed E-state index contributed by atoms with van der Waals surface area (Å²) < 4.78 is 1.80. The third-order valence-electron chi connectivity index (χ3n) is 2.29. The van der Waals surface area contributed by atoms with Crippen LogP contribution in [0.3, 0.4) is 0 Å². The summed E-state index contributed by atoms with van der Waals surface area (Å²) in [5, 5.41) is 4.26. The average Bonchev–Trinajstić information content (AvgIpc) is 2.45. The molecule has 3 heteroatoms. The molecule has 0 spiro atoms. The van der Waals surface area contributed by atoms with Gasteiger partial charge in [0, 0.05) is 31.3 Å². The smallest absolute Gasteiger partial charge is 0.0641 e.